The molecule has 6 nitrogen and oxygen atoms in total. The van der Waals surface area contributed by atoms with Crippen LogP contribution in [0.1, 0.15) is 63.2 Å². The molecule has 0 aliphatic carbocycles. The molecule has 0 spiro atoms. The molecule has 1 N–H and O–H groups in total. The number of hydrazone groups is 1. The van der Waals surface area contributed by atoms with Crippen LogP contribution >= 0.6 is 0 Å². The first-order valence-corrected chi connectivity index (χ1v) is 11.3. The van der Waals surface area contributed by atoms with Gasteiger partial charge in [-0.05, 0) is 76.1 Å². The lowest BCUT2D eigenvalue weighted by molar-refractivity contribution is 0.0955. The van der Waals surface area contributed by atoms with Crippen LogP contribution in [0.3, 0.4) is 0 Å². The molecule has 0 aromatic heterocycles. The first-order chi connectivity index (χ1) is 13.3. The van der Waals surface area contributed by atoms with E-state index in [4.69, 9.17) is 0 Å². The van der Waals surface area contributed by atoms with Crippen LogP contribution in [0.25, 0.3) is 0 Å². The van der Waals surface area contributed by atoms with Gasteiger partial charge < -0.3 is 0 Å². The minimum Gasteiger partial charge on any atom is -0.267 e. The van der Waals surface area contributed by atoms with Crippen molar-refractivity contribution in [1.29, 1.82) is 0 Å². The van der Waals surface area contributed by atoms with Crippen molar-refractivity contribution in [3.63, 3.8) is 0 Å². The highest BCUT2D eigenvalue weighted by Gasteiger charge is 2.27. The van der Waals surface area contributed by atoms with E-state index >= 15 is 0 Å². The third-order valence-corrected chi connectivity index (χ3v) is 6.71. The number of hydrogen-bond acceptors (Lipinski definition) is 4. The molecule has 0 bridgehead atoms. The van der Waals surface area contributed by atoms with Gasteiger partial charge in [0.25, 0.3) is 5.91 Å². The zero-order chi connectivity index (χ0) is 20.6. The fraction of sp³-hybridized carbons (Fsp3) is 0.524. The summed E-state index contributed by atoms with van der Waals surface area (Å²) in [6.07, 6.45) is 8.66. The van der Waals surface area contributed by atoms with Crippen LogP contribution in [0.2, 0.25) is 0 Å². The molecule has 1 aliphatic heterocycles. The fourth-order valence-corrected chi connectivity index (χ4v) is 4.55. The van der Waals surface area contributed by atoms with Gasteiger partial charge in [0.15, 0.2) is 0 Å². The van der Waals surface area contributed by atoms with Crippen LogP contribution in [0.15, 0.2) is 45.9 Å². The van der Waals surface area contributed by atoms with Crippen LogP contribution < -0.4 is 5.43 Å². The Hall–Kier alpha value is -1.99. The highest BCUT2D eigenvalue weighted by atomic mass is 32.2. The van der Waals surface area contributed by atoms with Gasteiger partial charge in [-0.15, -0.1) is 0 Å². The second-order valence-electron chi connectivity index (χ2n) is 7.59. The SMILES string of the molecule is CC(C)=CCC[C@@H](C)C/C=N\NC(=O)c1ccc(S(=O)(=O)N2CCCC2)cc1. The van der Waals surface area contributed by atoms with E-state index in [0.717, 1.165) is 32.1 Å². The molecular formula is C21H31N3O3S. The molecule has 1 aliphatic rings. The summed E-state index contributed by atoms with van der Waals surface area (Å²) in [6, 6.07) is 6.01. The Morgan fingerprint density at radius 2 is 1.86 bits per heavy atom. The summed E-state index contributed by atoms with van der Waals surface area (Å²) in [5.41, 5.74) is 4.21. The van der Waals surface area contributed by atoms with Crippen LogP contribution in [-0.4, -0.2) is 37.9 Å². The molecule has 1 aromatic rings. The van der Waals surface area contributed by atoms with Gasteiger partial charge >= 0.3 is 0 Å². The first-order valence-electron chi connectivity index (χ1n) is 9.86. The minimum absolute atomic E-state index is 0.222. The molecule has 0 saturated carbocycles. The highest BCUT2D eigenvalue weighted by molar-refractivity contribution is 7.89. The van der Waals surface area contributed by atoms with E-state index in [1.165, 1.54) is 34.1 Å². The van der Waals surface area contributed by atoms with E-state index < -0.39 is 10.0 Å². The predicted molar refractivity (Wildman–Crippen MR) is 113 cm³/mol. The second-order valence-corrected chi connectivity index (χ2v) is 9.53. The molecular weight excluding hydrogens is 374 g/mol. The van der Waals surface area contributed by atoms with E-state index in [-0.39, 0.29) is 10.8 Å². The third kappa shape index (κ3) is 6.56. The Labute approximate surface area is 168 Å². The lowest BCUT2D eigenvalue weighted by Crippen LogP contribution is -2.28. The highest BCUT2D eigenvalue weighted by Crippen LogP contribution is 2.21. The summed E-state index contributed by atoms with van der Waals surface area (Å²) < 4.78 is 26.5. The van der Waals surface area contributed by atoms with Crippen molar-refractivity contribution in [3.8, 4) is 0 Å². The molecule has 0 radical (unpaired) electrons. The lowest BCUT2D eigenvalue weighted by Gasteiger charge is -2.15. The summed E-state index contributed by atoms with van der Waals surface area (Å²) in [4.78, 5) is 12.4. The monoisotopic (exact) mass is 405 g/mol. The summed E-state index contributed by atoms with van der Waals surface area (Å²) in [5.74, 6) is 0.143. The number of nitrogens with one attached hydrogen (secondary N) is 1. The van der Waals surface area contributed by atoms with Gasteiger partial charge in [0.2, 0.25) is 10.0 Å². The van der Waals surface area contributed by atoms with Crippen LogP contribution in [0, 0.1) is 5.92 Å². The average Bonchev–Trinajstić information content (AvgIpc) is 3.20. The van der Waals surface area contributed by atoms with Crippen LogP contribution in [-0.2, 0) is 10.0 Å². The quantitative estimate of drug-likeness (QED) is 0.384. The number of carbonyl (C=O) groups is 1. The minimum atomic E-state index is -3.46. The topological polar surface area (TPSA) is 78.8 Å². The van der Waals surface area contributed by atoms with Crippen LogP contribution in [0.4, 0.5) is 0 Å². The number of sulfonamides is 1. The molecule has 0 unspecified atom stereocenters. The average molecular weight is 406 g/mol. The van der Waals surface area contributed by atoms with Crippen molar-refractivity contribution < 1.29 is 13.2 Å². The number of nitrogens with zero attached hydrogens (tertiary/aromatic N) is 2. The Kier molecular flexibility index (Phi) is 8.38. The molecule has 1 heterocycles. The number of amides is 1. The molecule has 1 fully saturated rings. The normalized spacial score (nSPS) is 16.2. The van der Waals surface area contributed by atoms with Gasteiger partial charge in [-0.1, -0.05) is 18.6 Å². The van der Waals surface area contributed by atoms with E-state index in [2.05, 4.69) is 37.4 Å². The number of hydrogen-bond donors (Lipinski definition) is 1. The number of rotatable bonds is 9. The van der Waals surface area contributed by atoms with Gasteiger partial charge in [0.1, 0.15) is 0 Å². The van der Waals surface area contributed by atoms with Gasteiger partial charge in [-0.3, -0.25) is 4.79 Å². The largest absolute Gasteiger partial charge is 0.271 e. The number of allylic oxidation sites excluding steroid dienone is 2. The van der Waals surface area contributed by atoms with Gasteiger partial charge in [-0.2, -0.15) is 9.41 Å². The number of carbonyl (C=O) groups excluding carboxylic acids is 1. The molecule has 28 heavy (non-hydrogen) atoms. The maximum Gasteiger partial charge on any atom is 0.271 e. The molecule has 154 valence electrons. The molecule has 1 aromatic carbocycles. The summed E-state index contributed by atoms with van der Waals surface area (Å²) in [5, 5.41) is 4.00. The van der Waals surface area contributed by atoms with E-state index in [1.807, 2.05) is 0 Å². The summed E-state index contributed by atoms with van der Waals surface area (Å²) in [7, 11) is -3.46. The third-order valence-electron chi connectivity index (χ3n) is 4.80. The molecule has 1 atom stereocenters. The standard InChI is InChI=1S/C21H31N3O3S/c1-17(2)7-6-8-18(3)13-14-22-23-21(25)19-9-11-20(12-10-19)28(26,27)24-15-4-5-16-24/h7,9-12,14,18H,4-6,8,13,15-16H2,1-3H3,(H,23,25)/b22-14-/t18-/m1/s1. The second kappa shape index (κ2) is 10.5. The predicted octanol–water partition coefficient (Wildman–Crippen LogP) is 3.96. The molecule has 1 saturated heterocycles. The van der Waals surface area contributed by atoms with Crippen molar-refractivity contribution in [2.75, 3.05) is 13.1 Å². The van der Waals surface area contributed by atoms with Crippen LogP contribution in [0.5, 0.6) is 0 Å². The van der Waals surface area contributed by atoms with Crippen molar-refractivity contribution in [1.82, 2.24) is 9.73 Å². The summed E-state index contributed by atoms with van der Waals surface area (Å²) in [6.45, 7) is 7.47. The van der Waals surface area contributed by atoms with Crippen molar-refractivity contribution >= 4 is 22.1 Å². The van der Waals surface area contributed by atoms with Crippen molar-refractivity contribution in [3.05, 3.63) is 41.5 Å². The Morgan fingerprint density at radius 3 is 2.46 bits per heavy atom. The smallest absolute Gasteiger partial charge is 0.267 e. The first kappa shape index (κ1) is 22.3. The maximum absolute atomic E-state index is 12.5. The molecule has 1 amide bonds. The maximum atomic E-state index is 12.5. The van der Waals surface area contributed by atoms with Crippen molar-refractivity contribution in [2.24, 2.45) is 11.0 Å². The van der Waals surface area contributed by atoms with E-state index in [1.54, 1.807) is 6.21 Å². The summed E-state index contributed by atoms with van der Waals surface area (Å²) >= 11 is 0. The Morgan fingerprint density at radius 1 is 1.21 bits per heavy atom. The fourth-order valence-electron chi connectivity index (χ4n) is 3.03. The Balaban J connectivity index is 1.83. The zero-order valence-electron chi connectivity index (χ0n) is 17.0. The molecule has 2 rings (SSSR count). The van der Waals surface area contributed by atoms with Gasteiger partial charge in [0.05, 0.1) is 4.90 Å². The van der Waals surface area contributed by atoms with Gasteiger partial charge in [0, 0.05) is 24.9 Å². The Bertz CT molecular complexity index is 804. The van der Waals surface area contributed by atoms with Crippen molar-refractivity contribution in [2.45, 2.75) is 57.8 Å². The van der Waals surface area contributed by atoms with E-state index in [9.17, 15) is 13.2 Å². The number of benzene rings is 1. The van der Waals surface area contributed by atoms with E-state index in [0.29, 0.717) is 24.6 Å². The zero-order valence-corrected chi connectivity index (χ0v) is 17.8. The van der Waals surface area contributed by atoms with Gasteiger partial charge in [-0.25, -0.2) is 13.8 Å². The molecule has 7 heteroatoms. The lowest BCUT2D eigenvalue weighted by atomic mass is 10.0.